The van der Waals surface area contributed by atoms with Gasteiger partial charge in [-0.2, -0.15) is 0 Å². The van der Waals surface area contributed by atoms with Gasteiger partial charge >= 0.3 is 17.1 Å². The molecule has 0 unspecified atom stereocenters. The summed E-state index contributed by atoms with van der Waals surface area (Å²) in [6.07, 6.45) is 5.62. The summed E-state index contributed by atoms with van der Waals surface area (Å²) in [7, 11) is 0. The van der Waals surface area contributed by atoms with Gasteiger partial charge in [0.2, 0.25) is 0 Å². The maximum atomic E-state index is 4.16. The standard InChI is InChI=1S/C10H15.C9H7N2.Fe/c1-6-7(2)9(4)10(5)8(6)3;1-2-6-10-8(4-1)9-5-3-7-11-9;/h1-5H3;1-7H;/q;;+2. The Labute approximate surface area is 147 Å². The Morgan fingerprint density at radius 1 is 0.773 bits per heavy atom. The Kier molecular flexibility index (Phi) is 8.10. The van der Waals surface area contributed by atoms with Crippen molar-refractivity contribution in [3.05, 3.63) is 85.1 Å². The predicted molar refractivity (Wildman–Crippen MR) is 86.2 cm³/mol. The van der Waals surface area contributed by atoms with Crippen molar-refractivity contribution < 1.29 is 17.1 Å². The minimum atomic E-state index is 0. The van der Waals surface area contributed by atoms with Crippen LogP contribution < -0.4 is 5.32 Å². The van der Waals surface area contributed by atoms with Gasteiger partial charge in [0, 0.05) is 12.7 Å². The third kappa shape index (κ3) is 4.57. The number of pyridine rings is 1. The van der Waals surface area contributed by atoms with Gasteiger partial charge in [0.25, 0.3) is 0 Å². The first kappa shape index (κ1) is 19.7. The largest absolute Gasteiger partial charge is 2.00 e. The van der Waals surface area contributed by atoms with E-state index >= 15 is 0 Å². The molecule has 1 saturated heterocycles. The first-order valence-electron chi connectivity index (χ1n) is 7.21. The molecule has 1 aromatic heterocycles. The monoisotopic (exact) mass is 334 g/mol. The van der Waals surface area contributed by atoms with Gasteiger partial charge in [-0.3, -0.25) is 4.98 Å². The minimum Gasteiger partial charge on any atom is -0.259 e. The molecule has 114 valence electrons. The van der Waals surface area contributed by atoms with E-state index in [0.29, 0.717) is 0 Å². The molecule has 0 atom stereocenters. The second-order valence-corrected chi connectivity index (χ2v) is 5.36. The van der Waals surface area contributed by atoms with E-state index in [1.54, 1.807) is 12.7 Å². The van der Waals surface area contributed by atoms with Crippen LogP contribution in [0.5, 0.6) is 0 Å². The van der Waals surface area contributed by atoms with E-state index in [4.69, 9.17) is 0 Å². The van der Waals surface area contributed by atoms with E-state index in [9.17, 15) is 0 Å². The molecule has 1 aliphatic carbocycles. The third-order valence-electron chi connectivity index (χ3n) is 4.29. The van der Waals surface area contributed by atoms with Gasteiger partial charge in [0.1, 0.15) is 6.04 Å². The number of hydrogen-bond donors (Lipinski definition) is 0. The summed E-state index contributed by atoms with van der Waals surface area (Å²) in [6, 6.07) is 6.73. The molecule has 1 aliphatic heterocycles. The molecule has 0 amide bonds. The number of rotatable bonds is 1. The average Bonchev–Trinajstić information content (AvgIpc) is 3.11. The molecule has 0 bridgehead atoms. The van der Waals surface area contributed by atoms with E-state index in [1.165, 1.54) is 29.6 Å². The SMILES string of the molecule is C[C]1[C](C)[C](C)[C](C)[C]1C.[CH]1[CH][N][C](c2ccccn2)[CH]1.[Fe+2]. The molecular formula is C19H22FeN2+2. The Hall–Kier alpha value is -0.371. The summed E-state index contributed by atoms with van der Waals surface area (Å²) in [5.74, 6) is 7.34. The van der Waals surface area contributed by atoms with Gasteiger partial charge in [-0.05, 0) is 54.6 Å². The van der Waals surface area contributed by atoms with Gasteiger partial charge in [-0.15, -0.1) is 0 Å². The van der Waals surface area contributed by atoms with Crippen LogP contribution in [-0.4, -0.2) is 4.98 Å². The van der Waals surface area contributed by atoms with Gasteiger partial charge in [-0.25, -0.2) is 5.32 Å². The number of nitrogens with zero attached hydrogens (tertiary/aromatic N) is 2. The summed E-state index contributed by atoms with van der Waals surface area (Å²) in [5.41, 5.74) is 0.928. The Morgan fingerprint density at radius 3 is 1.68 bits per heavy atom. The van der Waals surface area contributed by atoms with Crippen LogP contribution in [-0.2, 0) is 17.1 Å². The van der Waals surface area contributed by atoms with Gasteiger partial charge in [0.05, 0.1) is 5.69 Å². The molecule has 0 aromatic carbocycles. The van der Waals surface area contributed by atoms with Crippen LogP contribution in [0.15, 0.2) is 24.4 Å². The molecule has 0 N–H and O–H groups in total. The molecular weight excluding hydrogens is 312 g/mol. The summed E-state index contributed by atoms with van der Waals surface area (Å²) in [5, 5.41) is 4.12. The van der Waals surface area contributed by atoms with Crippen LogP contribution in [0.2, 0.25) is 0 Å². The zero-order chi connectivity index (χ0) is 15.4. The Morgan fingerprint density at radius 2 is 1.32 bits per heavy atom. The molecule has 10 radical (unpaired) electrons. The van der Waals surface area contributed by atoms with Gasteiger partial charge in [-0.1, -0.05) is 40.7 Å². The molecule has 1 saturated carbocycles. The van der Waals surface area contributed by atoms with Crippen LogP contribution in [0.25, 0.3) is 0 Å². The molecule has 2 nitrogen and oxygen atoms in total. The quantitative estimate of drug-likeness (QED) is 0.710. The van der Waals surface area contributed by atoms with Gasteiger partial charge < -0.3 is 0 Å². The zero-order valence-corrected chi connectivity index (χ0v) is 14.9. The fourth-order valence-electron chi connectivity index (χ4n) is 2.37. The maximum absolute atomic E-state index is 4.16. The Balaban J connectivity index is 0.000000212. The second-order valence-electron chi connectivity index (χ2n) is 5.36. The van der Waals surface area contributed by atoms with Crippen molar-refractivity contribution in [1.82, 2.24) is 10.3 Å². The first-order chi connectivity index (χ1) is 10.0. The summed E-state index contributed by atoms with van der Waals surface area (Å²) >= 11 is 0. The molecule has 22 heavy (non-hydrogen) atoms. The topological polar surface area (TPSA) is 27.0 Å². The maximum Gasteiger partial charge on any atom is 2.00 e. The average molecular weight is 334 g/mol. The van der Waals surface area contributed by atoms with E-state index in [1.807, 2.05) is 31.0 Å². The van der Waals surface area contributed by atoms with Crippen LogP contribution in [0.3, 0.4) is 0 Å². The molecule has 2 heterocycles. The van der Waals surface area contributed by atoms with Crippen molar-refractivity contribution in [2.24, 2.45) is 0 Å². The fourth-order valence-corrected chi connectivity index (χ4v) is 2.37. The molecule has 3 heteroatoms. The van der Waals surface area contributed by atoms with E-state index < -0.39 is 0 Å². The van der Waals surface area contributed by atoms with Crippen molar-refractivity contribution in [1.29, 1.82) is 0 Å². The molecule has 1 aromatic rings. The van der Waals surface area contributed by atoms with Crippen LogP contribution >= 0.6 is 0 Å². The molecule has 3 rings (SSSR count). The van der Waals surface area contributed by atoms with E-state index in [0.717, 1.165) is 11.7 Å². The summed E-state index contributed by atoms with van der Waals surface area (Å²) in [4.78, 5) is 4.16. The first-order valence-corrected chi connectivity index (χ1v) is 7.21. The van der Waals surface area contributed by atoms with E-state index in [-0.39, 0.29) is 17.1 Å². The van der Waals surface area contributed by atoms with Crippen LogP contribution in [0.4, 0.5) is 0 Å². The number of hydrogen-bond acceptors (Lipinski definition) is 1. The fraction of sp³-hybridized carbons (Fsp3) is 0.263. The van der Waals surface area contributed by atoms with Crippen molar-refractivity contribution in [3.63, 3.8) is 0 Å². The van der Waals surface area contributed by atoms with E-state index in [2.05, 4.69) is 44.9 Å². The normalized spacial score (nSPS) is 22.4. The summed E-state index contributed by atoms with van der Waals surface area (Å²) < 4.78 is 0. The second kappa shape index (κ2) is 9.05. The van der Waals surface area contributed by atoms with Crippen molar-refractivity contribution in [2.45, 2.75) is 34.6 Å². The summed E-state index contributed by atoms with van der Waals surface area (Å²) in [6.45, 7) is 12.8. The third-order valence-corrected chi connectivity index (χ3v) is 4.29. The van der Waals surface area contributed by atoms with Crippen molar-refractivity contribution >= 4 is 0 Å². The Bertz CT molecular complexity index is 372. The smallest absolute Gasteiger partial charge is 0.259 e. The molecule has 2 aliphatic rings. The van der Waals surface area contributed by atoms with Crippen LogP contribution in [0.1, 0.15) is 40.3 Å². The molecule has 0 spiro atoms. The van der Waals surface area contributed by atoms with Crippen LogP contribution in [0, 0.1) is 55.0 Å². The van der Waals surface area contributed by atoms with Crippen molar-refractivity contribution in [2.75, 3.05) is 0 Å². The predicted octanol–water partition coefficient (Wildman–Crippen LogP) is 4.12. The zero-order valence-electron chi connectivity index (χ0n) is 13.8. The van der Waals surface area contributed by atoms with Gasteiger partial charge in [0.15, 0.2) is 0 Å². The molecule has 2 fully saturated rings. The minimum absolute atomic E-state index is 0. The van der Waals surface area contributed by atoms with Crippen molar-refractivity contribution in [3.8, 4) is 0 Å². The number of aromatic nitrogens is 1.